The standard InChI is InChI=1S/C21H30BNO4/c1-6-25-19(24)17-15-23(14-16-10-8-7-9-11-16)13-12-18(17)22-26-20(2,3)21(4,5)27-22/h7-12,17H,6,13-15H2,1-5H3. The average Bonchev–Trinajstić information content (AvgIpc) is 2.83. The topological polar surface area (TPSA) is 48.0 Å². The number of esters is 1. The molecule has 1 fully saturated rings. The second-order valence-corrected chi connectivity index (χ2v) is 8.28. The molecule has 1 saturated heterocycles. The van der Waals surface area contributed by atoms with E-state index in [1.54, 1.807) is 0 Å². The highest BCUT2D eigenvalue weighted by molar-refractivity contribution is 6.55. The molecule has 2 aliphatic heterocycles. The quantitative estimate of drug-likeness (QED) is 0.588. The van der Waals surface area contributed by atoms with Crippen LogP contribution >= 0.6 is 0 Å². The molecule has 1 atom stereocenters. The smallest absolute Gasteiger partial charge is 0.466 e. The first-order chi connectivity index (χ1) is 12.7. The van der Waals surface area contributed by atoms with E-state index in [1.807, 2.05) is 52.8 Å². The Kier molecular flexibility index (Phi) is 5.80. The molecular weight excluding hydrogens is 341 g/mol. The molecule has 0 spiro atoms. The number of nitrogens with zero attached hydrogens (tertiary/aromatic N) is 1. The molecule has 146 valence electrons. The molecule has 1 aromatic rings. The van der Waals surface area contributed by atoms with Crippen LogP contribution in [0.3, 0.4) is 0 Å². The molecule has 0 saturated carbocycles. The number of carbonyl (C=O) groups excluding carboxylic acids is 1. The van der Waals surface area contributed by atoms with Gasteiger partial charge in [-0.2, -0.15) is 0 Å². The van der Waals surface area contributed by atoms with Crippen LogP contribution < -0.4 is 0 Å². The van der Waals surface area contributed by atoms with E-state index in [4.69, 9.17) is 14.0 Å². The van der Waals surface area contributed by atoms with E-state index < -0.39 is 18.3 Å². The Bertz CT molecular complexity index is 685. The minimum absolute atomic E-state index is 0.212. The number of rotatable bonds is 5. The maximum atomic E-state index is 12.7. The summed E-state index contributed by atoms with van der Waals surface area (Å²) in [6.45, 7) is 12.5. The molecule has 3 rings (SSSR count). The van der Waals surface area contributed by atoms with Crippen molar-refractivity contribution in [3.05, 3.63) is 47.4 Å². The van der Waals surface area contributed by atoms with Crippen molar-refractivity contribution in [1.29, 1.82) is 0 Å². The average molecular weight is 371 g/mol. The number of hydrogen-bond donors (Lipinski definition) is 0. The molecule has 1 aromatic carbocycles. The maximum absolute atomic E-state index is 12.7. The summed E-state index contributed by atoms with van der Waals surface area (Å²) < 4.78 is 17.8. The SMILES string of the molecule is CCOC(=O)C1CN(Cc2ccccc2)CC=C1B1OC(C)(C)C(C)(C)O1. The van der Waals surface area contributed by atoms with E-state index in [1.165, 1.54) is 5.56 Å². The molecule has 27 heavy (non-hydrogen) atoms. The van der Waals surface area contributed by atoms with E-state index in [-0.39, 0.29) is 11.9 Å². The van der Waals surface area contributed by atoms with Gasteiger partial charge in [-0.05, 0) is 45.7 Å². The van der Waals surface area contributed by atoms with Crippen molar-refractivity contribution in [2.45, 2.75) is 52.4 Å². The monoisotopic (exact) mass is 371 g/mol. The van der Waals surface area contributed by atoms with Crippen LogP contribution in [0, 0.1) is 5.92 Å². The van der Waals surface area contributed by atoms with Crippen LogP contribution in [0.4, 0.5) is 0 Å². The van der Waals surface area contributed by atoms with Gasteiger partial charge >= 0.3 is 13.1 Å². The molecule has 0 aliphatic carbocycles. The fourth-order valence-corrected chi connectivity index (χ4v) is 3.48. The maximum Gasteiger partial charge on any atom is 0.491 e. The van der Waals surface area contributed by atoms with Gasteiger partial charge in [0.05, 0.1) is 23.7 Å². The van der Waals surface area contributed by atoms with Gasteiger partial charge in [-0.1, -0.05) is 36.4 Å². The highest BCUT2D eigenvalue weighted by Crippen LogP contribution is 2.40. The zero-order valence-corrected chi connectivity index (χ0v) is 17.0. The lowest BCUT2D eigenvalue weighted by molar-refractivity contribution is -0.147. The molecule has 5 nitrogen and oxygen atoms in total. The van der Waals surface area contributed by atoms with Gasteiger partial charge in [-0.15, -0.1) is 0 Å². The Morgan fingerprint density at radius 1 is 1.19 bits per heavy atom. The first-order valence-corrected chi connectivity index (χ1v) is 9.72. The highest BCUT2D eigenvalue weighted by atomic mass is 16.7. The highest BCUT2D eigenvalue weighted by Gasteiger charge is 2.54. The Balaban J connectivity index is 1.80. The van der Waals surface area contributed by atoms with Crippen molar-refractivity contribution in [1.82, 2.24) is 4.90 Å². The lowest BCUT2D eigenvalue weighted by atomic mass is 9.69. The van der Waals surface area contributed by atoms with Crippen molar-refractivity contribution >= 4 is 13.1 Å². The first kappa shape index (κ1) is 20.1. The van der Waals surface area contributed by atoms with Crippen molar-refractivity contribution in [3.63, 3.8) is 0 Å². The Hall–Kier alpha value is -1.63. The summed E-state index contributed by atoms with van der Waals surface area (Å²) in [5, 5.41) is 0. The van der Waals surface area contributed by atoms with Crippen molar-refractivity contribution < 1.29 is 18.8 Å². The van der Waals surface area contributed by atoms with Gasteiger partial charge in [0.2, 0.25) is 0 Å². The second-order valence-electron chi connectivity index (χ2n) is 8.28. The van der Waals surface area contributed by atoms with Gasteiger partial charge < -0.3 is 14.0 Å². The zero-order valence-electron chi connectivity index (χ0n) is 17.0. The van der Waals surface area contributed by atoms with Crippen molar-refractivity contribution in [2.75, 3.05) is 19.7 Å². The summed E-state index contributed by atoms with van der Waals surface area (Å²) in [5.74, 6) is -0.590. The molecule has 2 aliphatic rings. The van der Waals surface area contributed by atoms with Crippen LogP contribution in [0.25, 0.3) is 0 Å². The van der Waals surface area contributed by atoms with Gasteiger partial charge in [-0.25, -0.2) is 0 Å². The van der Waals surface area contributed by atoms with Crippen LogP contribution in [0.1, 0.15) is 40.2 Å². The van der Waals surface area contributed by atoms with Crippen LogP contribution in [-0.4, -0.2) is 48.9 Å². The van der Waals surface area contributed by atoms with Crippen LogP contribution in [0.15, 0.2) is 41.9 Å². The fourth-order valence-electron chi connectivity index (χ4n) is 3.48. The van der Waals surface area contributed by atoms with Crippen LogP contribution in [-0.2, 0) is 25.4 Å². The normalized spacial score (nSPS) is 24.6. The summed E-state index contributed by atoms with van der Waals surface area (Å²) in [5.41, 5.74) is 1.25. The lowest BCUT2D eigenvalue weighted by Crippen LogP contribution is -2.43. The van der Waals surface area contributed by atoms with Crippen LogP contribution in [0.5, 0.6) is 0 Å². The third-order valence-electron chi connectivity index (χ3n) is 5.77. The number of benzene rings is 1. The van der Waals surface area contributed by atoms with Gasteiger partial charge in [0.25, 0.3) is 0 Å². The predicted octanol–water partition coefficient (Wildman–Crippen LogP) is 3.24. The third-order valence-corrected chi connectivity index (χ3v) is 5.77. The largest absolute Gasteiger partial charge is 0.491 e. The van der Waals surface area contributed by atoms with Crippen LogP contribution in [0.2, 0.25) is 0 Å². The van der Waals surface area contributed by atoms with E-state index in [0.29, 0.717) is 13.2 Å². The van der Waals surface area contributed by atoms with Gasteiger partial charge in [0.1, 0.15) is 0 Å². The fraction of sp³-hybridized carbons (Fsp3) is 0.571. The minimum Gasteiger partial charge on any atom is -0.466 e. The molecular formula is C21H30BNO4. The molecule has 6 heteroatoms. The first-order valence-electron chi connectivity index (χ1n) is 9.72. The van der Waals surface area contributed by atoms with Gasteiger partial charge in [0.15, 0.2) is 0 Å². The summed E-state index contributed by atoms with van der Waals surface area (Å²) >= 11 is 0. The molecule has 2 heterocycles. The number of hydrogen-bond acceptors (Lipinski definition) is 5. The van der Waals surface area contributed by atoms with Crippen molar-refractivity contribution in [2.24, 2.45) is 5.92 Å². The van der Waals surface area contributed by atoms with Gasteiger partial charge in [-0.3, -0.25) is 9.69 Å². The molecule has 0 N–H and O–H groups in total. The minimum atomic E-state index is -0.511. The summed E-state index contributed by atoms with van der Waals surface area (Å²) in [4.78, 5) is 14.9. The third kappa shape index (κ3) is 4.28. The van der Waals surface area contributed by atoms with E-state index in [0.717, 1.165) is 18.6 Å². The summed E-state index contributed by atoms with van der Waals surface area (Å²) in [6, 6.07) is 10.3. The summed E-state index contributed by atoms with van der Waals surface area (Å²) in [7, 11) is -0.511. The van der Waals surface area contributed by atoms with E-state index in [2.05, 4.69) is 23.1 Å². The Labute approximate surface area is 162 Å². The number of carbonyl (C=O) groups is 1. The van der Waals surface area contributed by atoms with E-state index in [9.17, 15) is 4.79 Å². The Morgan fingerprint density at radius 2 is 1.81 bits per heavy atom. The second kappa shape index (κ2) is 7.78. The lowest BCUT2D eigenvalue weighted by Gasteiger charge is -2.32. The van der Waals surface area contributed by atoms with Crippen molar-refractivity contribution in [3.8, 4) is 0 Å². The molecule has 0 radical (unpaired) electrons. The van der Waals surface area contributed by atoms with Gasteiger partial charge in [0, 0.05) is 19.6 Å². The molecule has 0 amide bonds. The zero-order chi connectivity index (χ0) is 19.7. The predicted molar refractivity (Wildman–Crippen MR) is 106 cm³/mol. The molecule has 1 unspecified atom stereocenters. The summed E-state index contributed by atoms with van der Waals surface area (Å²) in [6.07, 6.45) is 2.08. The molecule has 0 aromatic heterocycles. The Morgan fingerprint density at radius 3 is 2.41 bits per heavy atom. The van der Waals surface area contributed by atoms with E-state index >= 15 is 0 Å². The molecule has 0 bridgehead atoms. The number of ether oxygens (including phenoxy) is 1.